The van der Waals surface area contributed by atoms with Gasteiger partial charge in [0.2, 0.25) is 0 Å². The van der Waals surface area contributed by atoms with Crippen LogP contribution >= 0.6 is 15.9 Å². The molecule has 30 heavy (non-hydrogen) atoms. The van der Waals surface area contributed by atoms with Crippen LogP contribution in [0.25, 0.3) is 22.5 Å². The third-order valence-electron chi connectivity index (χ3n) is 4.86. The van der Waals surface area contributed by atoms with Crippen molar-refractivity contribution in [2.75, 3.05) is 0 Å². The molecule has 4 aromatic rings. The first-order chi connectivity index (χ1) is 14.2. The van der Waals surface area contributed by atoms with Crippen molar-refractivity contribution in [1.29, 1.82) is 0 Å². The predicted molar refractivity (Wildman–Crippen MR) is 119 cm³/mol. The fourth-order valence-electron chi connectivity index (χ4n) is 3.52. The summed E-state index contributed by atoms with van der Waals surface area (Å²) in [5, 5.41) is 0. The van der Waals surface area contributed by atoms with E-state index in [0.717, 1.165) is 62.3 Å². The van der Waals surface area contributed by atoms with Crippen molar-refractivity contribution in [3.05, 3.63) is 119 Å². The van der Waals surface area contributed by atoms with E-state index in [1.54, 1.807) is 0 Å². The van der Waals surface area contributed by atoms with Crippen LogP contribution in [0.2, 0.25) is 0 Å². The average Bonchev–Trinajstić information content (AvgIpc) is 2.73. The molecule has 1 aliphatic rings. The Morgan fingerprint density at radius 3 is 2.10 bits per heavy atom. The Bertz CT molecular complexity index is 1190. The van der Waals surface area contributed by atoms with Crippen molar-refractivity contribution < 1.29 is 20.1 Å². The Kier molecular flexibility index (Phi) is 6.58. The van der Waals surface area contributed by atoms with Gasteiger partial charge in [-0.15, -0.1) is 64.7 Å². The molecular weight excluding hydrogens is 612 g/mol. The van der Waals surface area contributed by atoms with E-state index in [4.69, 9.17) is 9.97 Å². The normalized spacial score (nSPS) is 12.7. The summed E-state index contributed by atoms with van der Waals surface area (Å²) in [7, 11) is 0. The first-order valence-corrected chi connectivity index (χ1v) is 10.4. The minimum Gasteiger partial charge on any atom is -0.301 e. The van der Waals surface area contributed by atoms with Crippen LogP contribution in [-0.2, 0) is 32.9 Å². The van der Waals surface area contributed by atoms with Gasteiger partial charge in [-0.2, -0.15) is 0 Å². The molecule has 0 spiro atoms. The molecule has 2 aromatic carbocycles. The van der Waals surface area contributed by atoms with Gasteiger partial charge in [-0.1, -0.05) is 44.7 Å². The molecule has 0 N–H and O–H groups in total. The smallest absolute Gasteiger partial charge is 0.0556 e. The summed E-state index contributed by atoms with van der Waals surface area (Å²) in [6.45, 7) is 0. The number of fused-ring (bicyclic) bond motifs is 10. The maximum absolute atomic E-state index is 4.83. The second-order valence-electron chi connectivity index (χ2n) is 7.06. The van der Waals surface area contributed by atoms with Crippen molar-refractivity contribution in [2.45, 2.75) is 12.8 Å². The molecule has 4 heteroatoms. The minimum atomic E-state index is 0. The van der Waals surface area contributed by atoms with Crippen LogP contribution in [0.5, 0.6) is 0 Å². The second kappa shape index (κ2) is 9.34. The van der Waals surface area contributed by atoms with Crippen LogP contribution in [0.15, 0.2) is 71.2 Å². The molecule has 3 heterocycles. The van der Waals surface area contributed by atoms with E-state index in [2.05, 4.69) is 64.8 Å². The van der Waals surface area contributed by atoms with Gasteiger partial charge >= 0.3 is 0 Å². The van der Waals surface area contributed by atoms with Gasteiger partial charge in [-0.25, -0.2) is 0 Å². The van der Waals surface area contributed by atoms with E-state index in [1.807, 2.05) is 42.8 Å². The number of hydrogen-bond acceptors (Lipinski definition) is 2. The molecule has 0 unspecified atom stereocenters. The predicted octanol–water partition coefficient (Wildman–Crippen LogP) is 6.07. The van der Waals surface area contributed by atoms with E-state index < -0.39 is 0 Å². The maximum atomic E-state index is 4.83. The summed E-state index contributed by atoms with van der Waals surface area (Å²) >= 11 is 3.64. The van der Waals surface area contributed by atoms with E-state index in [-0.39, 0.29) is 20.1 Å². The average molecular weight is 630 g/mol. The molecule has 5 rings (SSSR count). The molecule has 2 aromatic heterocycles. The number of aromatic nitrogens is 2. The molecule has 0 amide bonds. The zero-order chi connectivity index (χ0) is 19.6. The molecule has 0 saturated heterocycles. The number of halogens is 1. The SMILES string of the molecule is Brc1cc2[c-]c(c1)-c1cccc(n1)[CH]c1cccc(n1)-c1[c-]c(ccc1)C[CH]C2.[Ir]. The summed E-state index contributed by atoms with van der Waals surface area (Å²) < 4.78 is 1.04. The second-order valence-corrected chi connectivity index (χ2v) is 7.98. The van der Waals surface area contributed by atoms with Gasteiger partial charge in [-0.3, -0.25) is 0 Å². The number of rotatable bonds is 0. The van der Waals surface area contributed by atoms with Crippen molar-refractivity contribution in [3.63, 3.8) is 0 Å². The quantitative estimate of drug-likeness (QED) is 0.221. The van der Waals surface area contributed by atoms with Crippen molar-refractivity contribution >= 4 is 15.9 Å². The first kappa shape index (κ1) is 21.1. The molecule has 3 radical (unpaired) electrons. The number of benzene rings is 2. The number of pyridine rings is 2. The molecule has 2 nitrogen and oxygen atoms in total. The molecule has 149 valence electrons. The van der Waals surface area contributed by atoms with Crippen LogP contribution in [0, 0.1) is 25.0 Å². The van der Waals surface area contributed by atoms with Gasteiger partial charge in [0.25, 0.3) is 0 Å². The summed E-state index contributed by atoms with van der Waals surface area (Å²) in [6, 6.07) is 29.6. The summed E-state index contributed by atoms with van der Waals surface area (Å²) in [5.41, 5.74) is 7.88. The van der Waals surface area contributed by atoms with Crippen molar-refractivity contribution in [2.24, 2.45) is 0 Å². The molecule has 0 atom stereocenters. The topological polar surface area (TPSA) is 25.8 Å². The van der Waals surface area contributed by atoms with Gasteiger partial charge in [0, 0.05) is 31.5 Å². The number of hydrogen-bond donors (Lipinski definition) is 0. The third kappa shape index (κ3) is 4.78. The van der Waals surface area contributed by atoms with E-state index in [0.29, 0.717) is 0 Å². The summed E-state index contributed by atoms with van der Waals surface area (Å²) in [6.07, 6.45) is 5.97. The summed E-state index contributed by atoms with van der Waals surface area (Å²) in [4.78, 5) is 9.64. The Balaban J connectivity index is 0.00000218. The Morgan fingerprint density at radius 1 is 0.700 bits per heavy atom. The van der Waals surface area contributed by atoms with Gasteiger partial charge in [0.15, 0.2) is 0 Å². The minimum absolute atomic E-state index is 0. The maximum Gasteiger partial charge on any atom is 0.0556 e. The van der Waals surface area contributed by atoms with Crippen molar-refractivity contribution in [1.82, 2.24) is 9.97 Å². The molecule has 8 bridgehead atoms. The molecule has 1 aliphatic heterocycles. The monoisotopic (exact) mass is 629 g/mol. The number of nitrogens with zero attached hydrogens (tertiary/aromatic N) is 2. The van der Waals surface area contributed by atoms with Crippen LogP contribution in [0.1, 0.15) is 22.5 Å². The Morgan fingerprint density at radius 2 is 1.33 bits per heavy atom. The van der Waals surface area contributed by atoms with Crippen LogP contribution in [-0.4, -0.2) is 9.97 Å². The van der Waals surface area contributed by atoms with Gasteiger partial charge in [-0.05, 0) is 42.8 Å². The largest absolute Gasteiger partial charge is 0.301 e. The molecule has 0 saturated carbocycles. The molecule has 0 aliphatic carbocycles. The van der Waals surface area contributed by atoms with Crippen molar-refractivity contribution in [3.8, 4) is 22.5 Å². The van der Waals surface area contributed by atoms with Crippen LogP contribution < -0.4 is 0 Å². The standard InChI is InChI=1S/C26H17BrN2.Ir/c27-22-15-19-7-1-5-18-6-2-8-20(13-18)25-11-3-9-23(28-25)17-24-10-4-12-26(29-24)21(14-19)16-22;/h1-4,6,8-12,15-17H,5,7H2;/q-2;. The van der Waals surface area contributed by atoms with Gasteiger partial charge in [0.05, 0.1) is 6.42 Å². The first-order valence-electron chi connectivity index (χ1n) is 9.57. The zero-order valence-corrected chi connectivity index (χ0v) is 20.0. The summed E-state index contributed by atoms with van der Waals surface area (Å²) in [5.74, 6) is 0. The Hall–Kier alpha value is -2.13. The van der Waals surface area contributed by atoms with E-state index in [1.165, 1.54) is 0 Å². The molecular formula is C26H17BrIrN2-2. The van der Waals surface area contributed by atoms with E-state index in [9.17, 15) is 0 Å². The third-order valence-corrected chi connectivity index (χ3v) is 5.32. The zero-order valence-electron chi connectivity index (χ0n) is 16.0. The molecule has 0 fully saturated rings. The van der Waals surface area contributed by atoms with Gasteiger partial charge in [0.1, 0.15) is 0 Å². The Labute approximate surface area is 199 Å². The van der Waals surface area contributed by atoms with Crippen LogP contribution in [0.4, 0.5) is 0 Å². The van der Waals surface area contributed by atoms with E-state index >= 15 is 0 Å². The van der Waals surface area contributed by atoms with Gasteiger partial charge < -0.3 is 9.97 Å². The fraction of sp³-hybridized carbons (Fsp3) is 0.0769. The van der Waals surface area contributed by atoms with Crippen LogP contribution in [0.3, 0.4) is 0 Å². The fourth-order valence-corrected chi connectivity index (χ4v) is 4.03.